The van der Waals surface area contributed by atoms with E-state index >= 15 is 0 Å². The standard InChI is InChI=1S/C22H37N4O4/c1-6-20(26-10-9-24(4)18-26)16-22(3,15-19(2)25-8-7-23-17-25)21(27)30-14-13-29-12-11-28-5/h7-10,17-20H,6,11-16H2,1-5H3/q+1. The topological polar surface area (TPSA) is 71.4 Å². The third-order valence-corrected chi connectivity index (χ3v) is 5.53. The number of ether oxygens (including phenoxy) is 3. The molecule has 8 nitrogen and oxygen atoms in total. The first kappa shape index (κ1) is 24.1. The van der Waals surface area contributed by atoms with Crippen LogP contribution in [0.5, 0.6) is 0 Å². The van der Waals surface area contributed by atoms with Gasteiger partial charge >= 0.3 is 5.97 Å². The third kappa shape index (κ3) is 6.95. The Morgan fingerprint density at radius 2 is 1.93 bits per heavy atom. The van der Waals surface area contributed by atoms with Gasteiger partial charge < -0.3 is 18.8 Å². The van der Waals surface area contributed by atoms with Crippen molar-refractivity contribution in [2.45, 2.75) is 52.1 Å². The minimum atomic E-state index is -0.639. The summed E-state index contributed by atoms with van der Waals surface area (Å²) in [4.78, 5) is 17.3. The Bertz CT molecular complexity index is 746. The molecule has 0 aliphatic rings. The number of nitrogens with zero attached hydrogens (tertiary/aromatic N) is 4. The van der Waals surface area contributed by atoms with Crippen LogP contribution < -0.4 is 4.57 Å². The Kier molecular flexibility index (Phi) is 9.52. The second-order valence-electron chi connectivity index (χ2n) is 8.16. The lowest BCUT2D eigenvalue weighted by Gasteiger charge is -2.32. The third-order valence-electron chi connectivity index (χ3n) is 5.53. The van der Waals surface area contributed by atoms with Crippen LogP contribution in [0.3, 0.4) is 0 Å². The van der Waals surface area contributed by atoms with Crippen LogP contribution in [0.4, 0.5) is 0 Å². The average molecular weight is 422 g/mol. The fourth-order valence-corrected chi connectivity index (χ4v) is 3.82. The van der Waals surface area contributed by atoms with Gasteiger partial charge in [-0.25, -0.2) is 14.1 Å². The van der Waals surface area contributed by atoms with Gasteiger partial charge in [0.2, 0.25) is 6.33 Å². The van der Waals surface area contributed by atoms with E-state index in [1.54, 1.807) is 19.6 Å². The number of esters is 1. The summed E-state index contributed by atoms with van der Waals surface area (Å²) in [5.74, 6) is -0.181. The van der Waals surface area contributed by atoms with Gasteiger partial charge in [-0.15, -0.1) is 0 Å². The van der Waals surface area contributed by atoms with Gasteiger partial charge in [0.15, 0.2) is 0 Å². The summed E-state index contributed by atoms with van der Waals surface area (Å²) >= 11 is 0. The summed E-state index contributed by atoms with van der Waals surface area (Å²) in [6, 6.07) is 0.331. The zero-order valence-corrected chi connectivity index (χ0v) is 19.0. The van der Waals surface area contributed by atoms with Crippen molar-refractivity contribution in [1.29, 1.82) is 0 Å². The highest BCUT2D eigenvalue weighted by Gasteiger charge is 2.40. The fourth-order valence-electron chi connectivity index (χ4n) is 3.82. The monoisotopic (exact) mass is 421 g/mol. The lowest BCUT2D eigenvalue weighted by atomic mass is 9.77. The number of methoxy groups -OCH3 is 1. The number of rotatable bonds is 14. The fraction of sp³-hybridized carbons (Fsp3) is 0.682. The molecule has 0 bridgehead atoms. The number of aryl methyl sites for hydroxylation is 1. The van der Waals surface area contributed by atoms with Gasteiger partial charge in [0.1, 0.15) is 25.0 Å². The normalized spacial score (nSPS) is 15.5. The maximum absolute atomic E-state index is 13.2. The molecule has 0 aromatic carbocycles. The van der Waals surface area contributed by atoms with Crippen molar-refractivity contribution in [3.05, 3.63) is 37.4 Å². The summed E-state index contributed by atoms with van der Waals surface area (Å²) in [6.07, 6.45) is 13.9. The van der Waals surface area contributed by atoms with E-state index in [0.29, 0.717) is 32.7 Å². The molecule has 30 heavy (non-hydrogen) atoms. The molecule has 0 saturated heterocycles. The molecule has 0 spiro atoms. The van der Waals surface area contributed by atoms with Crippen molar-refractivity contribution < 1.29 is 23.6 Å². The lowest BCUT2D eigenvalue weighted by molar-refractivity contribution is -0.671. The van der Waals surface area contributed by atoms with Crippen molar-refractivity contribution in [3.63, 3.8) is 0 Å². The molecule has 2 heterocycles. The van der Waals surface area contributed by atoms with E-state index in [-0.39, 0.29) is 24.7 Å². The van der Waals surface area contributed by atoms with Crippen molar-refractivity contribution in [2.24, 2.45) is 12.5 Å². The molecule has 3 atom stereocenters. The van der Waals surface area contributed by atoms with Crippen LogP contribution >= 0.6 is 0 Å². The quantitative estimate of drug-likeness (QED) is 0.266. The summed E-state index contributed by atoms with van der Waals surface area (Å²) in [5, 5.41) is 0. The van der Waals surface area contributed by atoms with Crippen molar-refractivity contribution >= 4 is 5.97 Å². The summed E-state index contributed by atoms with van der Waals surface area (Å²) in [5.41, 5.74) is -0.639. The first-order chi connectivity index (χ1) is 14.4. The highest BCUT2D eigenvalue weighted by Crippen LogP contribution is 2.38. The average Bonchev–Trinajstić information content (AvgIpc) is 3.40. The highest BCUT2D eigenvalue weighted by molar-refractivity contribution is 5.76. The molecule has 2 aromatic rings. The van der Waals surface area contributed by atoms with Crippen molar-refractivity contribution in [3.8, 4) is 0 Å². The molecule has 0 N–H and O–H groups in total. The van der Waals surface area contributed by atoms with Crippen molar-refractivity contribution in [1.82, 2.24) is 14.1 Å². The van der Waals surface area contributed by atoms with Crippen LogP contribution in [-0.2, 0) is 26.1 Å². The first-order valence-corrected chi connectivity index (χ1v) is 10.6. The van der Waals surface area contributed by atoms with E-state index in [0.717, 1.165) is 6.42 Å². The molecule has 2 rings (SSSR count). The van der Waals surface area contributed by atoms with Gasteiger partial charge in [0.25, 0.3) is 0 Å². The Morgan fingerprint density at radius 1 is 1.17 bits per heavy atom. The number of imidazole rings is 2. The minimum absolute atomic E-state index is 0.126. The largest absolute Gasteiger partial charge is 0.463 e. The van der Waals surface area contributed by atoms with Crippen LogP contribution in [0.25, 0.3) is 0 Å². The van der Waals surface area contributed by atoms with Crippen LogP contribution in [0, 0.1) is 5.41 Å². The summed E-state index contributed by atoms with van der Waals surface area (Å²) in [6.45, 7) is 7.91. The van der Waals surface area contributed by atoms with E-state index in [1.165, 1.54) is 0 Å². The highest BCUT2D eigenvalue weighted by atomic mass is 16.6. The summed E-state index contributed by atoms with van der Waals surface area (Å²) in [7, 11) is 3.63. The molecule has 8 heteroatoms. The number of aromatic nitrogens is 4. The van der Waals surface area contributed by atoms with E-state index in [4.69, 9.17) is 14.2 Å². The SMILES string of the molecule is CCC(CC(C)(CC(C)n1ccnc1)C(=O)OCCOCCOC)n1cc[n+](C)c1. The molecular formula is C22H37N4O4+. The zero-order valence-electron chi connectivity index (χ0n) is 19.0. The van der Waals surface area contributed by atoms with Gasteiger partial charge in [-0.05, 0) is 26.7 Å². The van der Waals surface area contributed by atoms with E-state index < -0.39 is 5.41 Å². The predicted molar refractivity (Wildman–Crippen MR) is 113 cm³/mol. The molecule has 2 aromatic heterocycles. The molecule has 0 aliphatic carbocycles. The molecule has 0 aliphatic heterocycles. The van der Waals surface area contributed by atoms with E-state index in [2.05, 4.69) is 35.9 Å². The smallest absolute Gasteiger partial charge is 0.312 e. The van der Waals surface area contributed by atoms with Crippen LogP contribution in [0.15, 0.2) is 37.4 Å². The Balaban J connectivity index is 2.08. The van der Waals surface area contributed by atoms with E-state index in [9.17, 15) is 4.79 Å². The van der Waals surface area contributed by atoms with Gasteiger partial charge in [-0.1, -0.05) is 6.92 Å². The number of hydrogen-bond acceptors (Lipinski definition) is 5. The predicted octanol–water partition coefficient (Wildman–Crippen LogP) is 2.71. The second-order valence-corrected chi connectivity index (χ2v) is 8.16. The Morgan fingerprint density at radius 3 is 2.53 bits per heavy atom. The van der Waals surface area contributed by atoms with E-state index in [1.807, 2.05) is 35.5 Å². The Labute approximate surface area is 179 Å². The maximum Gasteiger partial charge on any atom is 0.312 e. The van der Waals surface area contributed by atoms with Crippen molar-refractivity contribution in [2.75, 3.05) is 33.5 Å². The summed E-state index contributed by atoms with van der Waals surface area (Å²) < 4.78 is 22.3. The minimum Gasteiger partial charge on any atom is -0.463 e. The number of carbonyl (C=O) groups excluding carboxylic acids is 1. The number of hydrogen-bond donors (Lipinski definition) is 0. The van der Waals surface area contributed by atoms with Gasteiger partial charge in [0, 0.05) is 32.0 Å². The molecule has 3 unspecified atom stereocenters. The van der Waals surface area contributed by atoms with Crippen LogP contribution in [0.1, 0.15) is 52.1 Å². The molecule has 0 fully saturated rings. The maximum atomic E-state index is 13.2. The van der Waals surface area contributed by atoms with Gasteiger partial charge in [0.05, 0.1) is 38.6 Å². The molecular weight excluding hydrogens is 384 g/mol. The van der Waals surface area contributed by atoms with Gasteiger partial charge in [-0.3, -0.25) is 4.79 Å². The number of carbonyl (C=O) groups is 1. The van der Waals surface area contributed by atoms with Gasteiger partial charge in [-0.2, -0.15) is 0 Å². The van der Waals surface area contributed by atoms with Crippen LogP contribution in [0.2, 0.25) is 0 Å². The second kappa shape index (κ2) is 11.9. The molecule has 168 valence electrons. The lowest BCUT2D eigenvalue weighted by Crippen LogP contribution is -2.36. The first-order valence-electron chi connectivity index (χ1n) is 10.6. The Hall–Kier alpha value is -2.19. The molecule has 0 radical (unpaired) electrons. The molecule has 0 amide bonds. The zero-order chi connectivity index (χ0) is 22.0. The van der Waals surface area contributed by atoms with Crippen LogP contribution in [-0.4, -0.2) is 53.6 Å². The molecule has 0 saturated carbocycles.